The number of ketones is 1. The summed E-state index contributed by atoms with van der Waals surface area (Å²) in [5.41, 5.74) is 3.14. The van der Waals surface area contributed by atoms with Crippen LogP contribution in [-0.2, 0) is 0 Å². The quantitative estimate of drug-likeness (QED) is 0.769. The van der Waals surface area contributed by atoms with E-state index in [1.807, 2.05) is 45.0 Å². The van der Waals surface area contributed by atoms with Crippen LogP contribution < -0.4 is 4.74 Å². The van der Waals surface area contributed by atoms with Gasteiger partial charge in [0.1, 0.15) is 5.75 Å². The van der Waals surface area contributed by atoms with Gasteiger partial charge in [-0.15, -0.1) is 0 Å². The lowest BCUT2D eigenvalue weighted by Crippen LogP contribution is -2.04. The number of benzene rings is 2. The molecule has 0 heterocycles. The molecule has 0 bridgehead atoms. The largest absolute Gasteiger partial charge is 0.494 e. The van der Waals surface area contributed by atoms with Crippen molar-refractivity contribution in [1.29, 1.82) is 0 Å². The molecular formula is C17H17ClO2. The van der Waals surface area contributed by atoms with Crippen LogP contribution in [0.15, 0.2) is 36.4 Å². The van der Waals surface area contributed by atoms with Crippen LogP contribution in [0.5, 0.6) is 5.75 Å². The number of aryl methyl sites for hydroxylation is 2. The van der Waals surface area contributed by atoms with Crippen LogP contribution in [0.2, 0.25) is 5.02 Å². The summed E-state index contributed by atoms with van der Waals surface area (Å²) in [6, 6.07) is 10.9. The van der Waals surface area contributed by atoms with Gasteiger partial charge in [-0.2, -0.15) is 0 Å². The van der Waals surface area contributed by atoms with Crippen LogP contribution in [0.1, 0.15) is 34.0 Å². The van der Waals surface area contributed by atoms with Crippen molar-refractivity contribution in [3.63, 3.8) is 0 Å². The molecule has 20 heavy (non-hydrogen) atoms. The van der Waals surface area contributed by atoms with Gasteiger partial charge in [0, 0.05) is 16.1 Å². The monoisotopic (exact) mass is 288 g/mol. The van der Waals surface area contributed by atoms with Gasteiger partial charge in [-0.05, 0) is 68.3 Å². The highest BCUT2D eigenvalue weighted by Gasteiger charge is 2.13. The average Bonchev–Trinajstić information content (AvgIpc) is 2.43. The highest BCUT2D eigenvalue weighted by molar-refractivity contribution is 6.31. The Morgan fingerprint density at radius 1 is 1.10 bits per heavy atom. The molecular weight excluding hydrogens is 272 g/mol. The molecule has 2 aromatic rings. The van der Waals surface area contributed by atoms with Crippen molar-refractivity contribution >= 4 is 17.4 Å². The molecule has 0 aromatic heterocycles. The van der Waals surface area contributed by atoms with Gasteiger partial charge in [0.15, 0.2) is 5.78 Å². The molecule has 3 heteroatoms. The van der Waals surface area contributed by atoms with E-state index in [9.17, 15) is 4.79 Å². The predicted molar refractivity (Wildman–Crippen MR) is 82.0 cm³/mol. The first-order chi connectivity index (χ1) is 9.52. The van der Waals surface area contributed by atoms with E-state index in [2.05, 4.69) is 0 Å². The molecule has 0 atom stereocenters. The molecule has 0 saturated carbocycles. The number of hydrogen-bond acceptors (Lipinski definition) is 2. The van der Waals surface area contributed by atoms with Crippen LogP contribution in [0, 0.1) is 13.8 Å². The Morgan fingerprint density at radius 3 is 2.35 bits per heavy atom. The number of ether oxygens (including phenoxy) is 1. The van der Waals surface area contributed by atoms with Crippen molar-refractivity contribution in [1.82, 2.24) is 0 Å². The summed E-state index contributed by atoms with van der Waals surface area (Å²) in [4.78, 5) is 12.5. The average molecular weight is 289 g/mol. The van der Waals surface area contributed by atoms with Gasteiger partial charge in [-0.3, -0.25) is 4.79 Å². The molecule has 0 aliphatic heterocycles. The lowest BCUT2D eigenvalue weighted by molar-refractivity contribution is 0.103. The lowest BCUT2D eigenvalue weighted by atomic mass is 9.97. The van der Waals surface area contributed by atoms with Crippen molar-refractivity contribution in [2.24, 2.45) is 0 Å². The molecule has 2 aromatic carbocycles. The molecule has 0 amide bonds. The van der Waals surface area contributed by atoms with Gasteiger partial charge >= 0.3 is 0 Å². The minimum Gasteiger partial charge on any atom is -0.494 e. The summed E-state index contributed by atoms with van der Waals surface area (Å²) >= 11 is 6.06. The Labute approximate surface area is 124 Å². The van der Waals surface area contributed by atoms with Gasteiger partial charge < -0.3 is 4.74 Å². The Morgan fingerprint density at radius 2 is 1.75 bits per heavy atom. The number of rotatable bonds is 4. The van der Waals surface area contributed by atoms with Crippen LogP contribution in [0.4, 0.5) is 0 Å². The lowest BCUT2D eigenvalue weighted by Gasteiger charge is -2.09. The molecule has 0 radical (unpaired) electrons. The fourth-order valence-electron chi connectivity index (χ4n) is 2.05. The first-order valence-electron chi connectivity index (χ1n) is 6.57. The van der Waals surface area contributed by atoms with E-state index in [1.54, 1.807) is 12.1 Å². The molecule has 0 N–H and O–H groups in total. The first-order valence-corrected chi connectivity index (χ1v) is 6.95. The molecule has 2 rings (SSSR count). The highest BCUT2D eigenvalue weighted by atomic mass is 35.5. The normalized spacial score (nSPS) is 10.4. The standard InChI is InChI=1S/C17H17ClO2/c1-4-20-14-7-5-13(6-8-14)17(19)15-9-12(3)16(18)10-11(15)2/h5-10H,4H2,1-3H3. The van der Waals surface area contributed by atoms with E-state index in [1.165, 1.54) is 0 Å². The molecule has 0 spiro atoms. The van der Waals surface area contributed by atoms with Crippen molar-refractivity contribution < 1.29 is 9.53 Å². The minimum absolute atomic E-state index is 0.00492. The Kier molecular flexibility index (Phi) is 4.46. The van der Waals surface area contributed by atoms with Gasteiger partial charge in [-0.25, -0.2) is 0 Å². The highest BCUT2D eigenvalue weighted by Crippen LogP contribution is 2.23. The van der Waals surface area contributed by atoms with Crippen molar-refractivity contribution in [3.05, 3.63) is 63.7 Å². The fourth-order valence-corrected chi connectivity index (χ4v) is 2.27. The zero-order valence-corrected chi connectivity index (χ0v) is 12.6. The van der Waals surface area contributed by atoms with Gasteiger partial charge in [-0.1, -0.05) is 11.6 Å². The van der Waals surface area contributed by atoms with Crippen molar-refractivity contribution in [2.75, 3.05) is 6.61 Å². The van der Waals surface area contributed by atoms with Crippen LogP contribution in [0.25, 0.3) is 0 Å². The summed E-state index contributed by atoms with van der Waals surface area (Å²) in [5, 5.41) is 0.686. The van der Waals surface area contributed by atoms with E-state index < -0.39 is 0 Å². The van der Waals surface area contributed by atoms with Crippen molar-refractivity contribution in [2.45, 2.75) is 20.8 Å². The Balaban J connectivity index is 2.33. The Bertz CT molecular complexity index is 630. The second kappa shape index (κ2) is 6.10. The third-order valence-corrected chi connectivity index (χ3v) is 3.58. The summed E-state index contributed by atoms with van der Waals surface area (Å²) in [6.07, 6.45) is 0. The number of carbonyl (C=O) groups is 1. The van der Waals surface area contributed by atoms with Crippen LogP contribution in [0.3, 0.4) is 0 Å². The van der Waals surface area contributed by atoms with Gasteiger partial charge in [0.2, 0.25) is 0 Å². The Hall–Kier alpha value is -1.80. The second-order valence-corrected chi connectivity index (χ2v) is 5.11. The fraction of sp³-hybridized carbons (Fsp3) is 0.235. The summed E-state index contributed by atoms with van der Waals surface area (Å²) in [7, 11) is 0. The third-order valence-electron chi connectivity index (χ3n) is 3.18. The molecule has 2 nitrogen and oxygen atoms in total. The second-order valence-electron chi connectivity index (χ2n) is 4.70. The number of carbonyl (C=O) groups excluding carboxylic acids is 1. The van der Waals surface area contributed by atoms with E-state index in [0.717, 1.165) is 16.9 Å². The number of halogens is 1. The summed E-state index contributed by atoms with van der Waals surface area (Å²) in [6.45, 7) is 6.34. The van der Waals surface area contributed by atoms with E-state index >= 15 is 0 Å². The molecule has 0 aliphatic carbocycles. The van der Waals surface area contributed by atoms with Crippen LogP contribution in [-0.4, -0.2) is 12.4 Å². The minimum atomic E-state index is 0.00492. The molecule has 104 valence electrons. The molecule has 0 aliphatic rings. The topological polar surface area (TPSA) is 26.3 Å². The van der Waals surface area contributed by atoms with E-state index in [0.29, 0.717) is 22.8 Å². The van der Waals surface area contributed by atoms with Crippen molar-refractivity contribution in [3.8, 4) is 5.75 Å². The van der Waals surface area contributed by atoms with Crippen LogP contribution >= 0.6 is 11.6 Å². The maximum Gasteiger partial charge on any atom is 0.193 e. The number of hydrogen-bond donors (Lipinski definition) is 0. The first kappa shape index (κ1) is 14.6. The molecule has 0 saturated heterocycles. The summed E-state index contributed by atoms with van der Waals surface area (Å²) < 4.78 is 5.38. The maximum absolute atomic E-state index is 12.5. The SMILES string of the molecule is CCOc1ccc(C(=O)c2cc(C)c(Cl)cc2C)cc1. The van der Waals surface area contributed by atoms with Gasteiger partial charge in [0.25, 0.3) is 0 Å². The maximum atomic E-state index is 12.5. The van der Waals surface area contributed by atoms with E-state index in [-0.39, 0.29) is 5.78 Å². The molecule has 0 unspecified atom stereocenters. The zero-order chi connectivity index (χ0) is 14.7. The molecule has 0 fully saturated rings. The summed E-state index contributed by atoms with van der Waals surface area (Å²) in [5.74, 6) is 0.776. The zero-order valence-electron chi connectivity index (χ0n) is 11.9. The smallest absolute Gasteiger partial charge is 0.193 e. The van der Waals surface area contributed by atoms with E-state index in [4.69, 9.17) is 16.3 Å². The predicted octanol–water partition coefficient (Wildman–Crippen LogP) is 4.59. The third kappa shape index (κ3) is 3.02. The van der Waals surface area contributed by atoms with Gasteiger partial charge in [0.05, 0.1) is 6.61 Å².